The summed E-state index contributed by atoms with van der Waals surface area (Å²) < 4.78 is 0.963. The van der Waals surface area contributed by atoms with E-state index in [0.29, 0.717) is 6.54 Å². The number of halogens is 1. The summed E-state index contributed by atoms with van der Waals surface area (Å²) in [4.78, 5) is 13.7. The van der Waals surface area contributed by atoms with Gasteiger partial charge in [0.25, 0.3) is 0 Å². The molecular formula is C12H17BrN2O. The number of carbonyl (C=O) groups excluding carboxylic acids is 1. The van der Waals surface area contributed by atoms with Gasteiger partial charge >= 0.3 is 0 Å². The highest BCUT2D eigenvalue weighted by Gasteiger charge is 2.19. The number of amides is 1. The van der Waals surface area contributed by atoms with Crippen molar-refractivity contribution in [2.45, 2.75) is 13.3 Å². The quantitative estimate of drug-likeness (QED) is 0.923. The fourth-order valence-corrected chi connectivity index (χ4v) is 1.92. The van der Waals surface area contributed by atoms with Gasteiger partial charge in [0.1, 0.15) is 0 Å². The van der Waals surface area contributed by atoms with Gasteiger partial charge in [0.05, 0.1) is 5.92 Å². The zero-order chi connectivity index (χ0) is 12.1. The van der Waals surface area contributed by atoms with Gasteiger partial charge in [-0.25, -0.2) is 0 Å². The van der Waals surface area contributed by atoms with Crippen molar-refractivity contribution in [3.05, 3.63) is 28.7 Å². The van der Waals surface area contributed by atoms with Crippen LogP contribution in [-0.2, 0) is 4.79 Å². The van der Waals surface area contributed by atoms with E-state index in [0.717, 1.165) is 16.6 Å². The molecule has 1 aromatic rings. The summed E-state index contributed by atoms with van der Waals surface area (Å²) in [5.74, 6) is -0.0212. The van der Waals surface area contributed by atoms with Gasteiger partial charge in [-0.2, -0.15) is 0 Å². The summed E-state index contributed by atoms with van der Waals surface area (Å²) in [6.07, 6.45) is 0.772. The first-order chi connectivity index (χ1) is 7.60. The molecule has 0 aliphatic heterocycles. The van der Waals surface area contributed by atoms with Crippen LogP contribution in [0.15, 0.2) is 28.7 Å². The van der Waals surface area contributed by atoms with E-state index in [2.05, 4.69) is 15.9 Å². The molecule has 16 heavy (non-hydrogen) atoms. The van der Waals surface area contributed by atoms with Gasteiger partial charge < -0.3 is 10.6 Å². The minimum atomic E-state index is -0.0935. The fourth-order valence-electron chi connectivity index (χ4n) is 1.53. The van der Waals surface area contributed by atoms with Crippen molar-refractivity contribution in [1.29, 1.82) is 0 Å². The summed E-state index contributed by atoms with van der Waals surface area (Å²) in [6.45, 7) is 2.37. The molecule has 1 unspecified atom stereocenters. The zero-order valence-corrected chi connectivity index (χ0v) is 11.2. The Morgan fingerprint density at radius 1 is 1.56 bits per heavy atom. The van der Waals surface area contributed by atoms with Crippen molar-refractivity contribution in [2.75, 3.05) is 18.5 Å². The monoisotopic (exact) mass is 284 g/mol. The van der Waals surface area contributed by atoms with Crippen molar-refractivity contribution >= 4 is 27.5 Å². The number of anilines is 1. The van der Waals surface area contributed by atoms with E-state index in [-0.39, 0.29) is 11.8 Å². The summed E-state index contributed by atoms with van der Waals surface area (Å²) in [7, 11) is 1.78. The van der Waals surface area contributed by atoms with E-state index in [1.54, 1.807) is 11.9 Å². The van der Waals surface area contributed by atoms with Crippen molar-refractivity contribution in [3.63, 3.8) is 0 Å². The first-order valence-electron chi connectivity index (χ1n) is 5.33. The van der Waals surface area contributed by atoms with Gasteiger partial charge in [0, 0.05) is 23.8 Å². The minimum Gasteiger partial charge on any atom is -0.330 e. The average Bonchev–Trinajstić information content (AvgIpc) is 2.29. The molecule has 0 aliphatic carbocycles. The largest absolute Gasteiger partial charge is 0.330 e. The highest BCUT2D eigenvalue weighted by Crippen LogP contribution is 2.20. The van der Waals surface area contributed by atoms with Crippen LogP contribution in [-0.4, -0.2) is 19.5 Å². The lowest BCUT2D eigenvalue weighted by Crippen LogP contribution is -2.36. The van der Waals surface area contributed by atoms with Crippen LogP contribution in [0.5, 0.6) is 0 Å². The van der Waals surface area contributed by atoms with Crippen molar-refractivity contribution < 1.29 is 4.79 Å². The SMILES string of the molecule is CCC(CN)C(=O)N(C)c1cccc(Br)c1. The van der Waals surface area contributed by atoms with Crippen molar-refractivity contribution in [2.24, 2.45) is 11.7 Å². The van der Waals surface area contributed by atoms with Crippen LogP contribution in [0, 0.1) is 5.92 Å². The van der Waals surface area contributed by atoms with Gasteiger partial charge in [-0.15, -0.1) is 0 Å². The first kappa shape index (κ1) is 13.2. The Hall–Kier alpha value is -0.870. The van der Waals surface area contributed by atoms with E-state index in [4.69, 9.17) is 5.73 Å². The van der Waals surface area contributed by atoms with E-state index in [9.17, 15) is 4.79 Å². The number of carbonyl (C=O) groups is 1. The smallest absolute Gasteiger partial charge is 0.231 e. The standard InChI is InChI=1S/C12H17BrN2O/c1-3-9(8-14)12(16)15(2)11-6-4-5-10(13)7-11/h4-7,9H,3,8,14H2,1-2H3. The van der Waals surface area contributed by atoms with Crippen LogP contribution in [0.3, 0.4) is 0 Å². The van der Waals surface area contributed by atoms with Crippen LogP contribution in [0.1, 0.15) is 13.3 Å². The molecule has 3 nitrogen and oxygen atoms in total. The molecule has 1 atom stereocenters. The van der Waals surface area contributed by atoms with E-state index in [1.165, 1.54) is 0 Å². The average molecular weight is 285 g/mol. The topological polar surface area (TPSA) is 46.3 Å². The van der Waals surface area contributed by atoms with Crippen LogP contribution < -0.4 is 10.6 Å². The number of nitrogens with zero attached hydrogens (tertiary/aromatic N) is 1. The maximum Gasteiger partial charge on any atom is 0.231 e. The van der Waals surface area contributed by atoms with Crippen molar-refractivity contribution in [1.82, 2.24) is 0 Å². The second kappa shape index (κ2) is 6.01. The number of rotatable bonds is 4. The molecule has 0 spiro atoms. The fraction of sp³-hybridized carbons (Fsp3) is 0.417. The third-order valence-electron chi connectivity index (χ3n) is 2.65. The zero-order valence-electron chi connectivity index (χ0n) is 9.61. The highest BCUT2D eigenvalue weighted by atomic mass is 79.9. The minimum absolute atomic E-state index is 0.0723. The molecule has 1 aromatic carbocycles. The summed E-state index contributed by atoms with van der Waals surface area (Å²) >= 11 is 3.39. The molecule has 0 saturated carbocycles. The Morgan fingerprint density at radius 3 is 2.75 bits per heavy atom. The van der Waals surface area contributed by atoms with Gasteiger partial charge in [-0.1, -0.05) is 28.9 Å². The van der Waals surface area contributed by atoms with E-state index >= 15 is 0 Å². The molecule has 1 amide bonds. The summed E-state index contributed by atoms with van der Waals surface area (Å²) in [6, 6.07) is 7.67. The maximum absolute atomic E-state index is 12.0. The Bertz CT molecular complexity index is 364. The second-order valence-electron chi connectivity index (χ2n) is 3.72. The van der Waals surface area contributed by atoms with Crippen LogP contribution in [0.2, 0.25) is 0 Å². The van der Waals surface area contributed by atoms with Crippen LogP contribution in [0.4, 0.5) is 5.69 Å². The number of benzene rings is 1. The lowest BCUT2D eigenvalue weighted by molar-refractivity contribution is -0.121. The maximum atomic E-state index is 12.0. The summed E-state index contributed by atoms with van der Waals surface area (Å²) in [5.41, 5.74) is 6.45. The molecule has 1 rings (SSSR count). The number of nitrogens with two attached hydrogens (primary N) is 1. The predicted octanol–water partition coefficient (Wildman–Crippen LogP) is 2.40. The lowest BCUT2D eigenvalue weighted by atomic mass is 10.1. The summed E-state index contributed by atoms with van der Waals surface area (Å²) in [5, 5.41) is 0. The number of hydrogen-bond acceptors (Lipinski definition) is 2. The Morgan fingerprint density at radius 2 is 2.25 bits per heavy atom. The third kappa shape index (κ3) is 3.06. The Balaban J connectivity index is 2.85. The molecule has 0 heterocycles. The Labute approximate surface area is 105 Å². The molecule has 88 valence electrons. The second-order valence-corrected chi connectivity index (χ2v) is 4.63. The number of hydrogen-bond donors (Lipinski definition) is 1. The highest BCUT2D eigenvalue weighted by molar-refractivity contribution is 9.10. The van der Waals surface area contributed by atoms with Crippen LogP contribution >= 0.6 is 15.9 Å². The van der Waals surface area contributed by atoms with Gasteiger partial charge in [-0.05, 0) is 24.6 Å². The van der Waals surface area contributed by atoms with Crippen LogP contribution in [0.25, 0.3) is 0 Å². The third-order valence-corrected chi connectivity index (χ3v) is 3.15. The molecule has 4 heteroatoms. The van der Waals surface area contributed by atoms with Gasteiger partial charge in [0.15, 0.2) is 0 Å². The van der Waals surface area contributed by atoms with E-state index < -0.39 is 0 Å². The van der Waals surface area contributed by atoms with Gasteiger partial charge in [0.2, 0.25) is 5.91 Å². The normalized spacial score (nSPS) is 12.2. The molecule has 0 aromatic heterocycles. The molecule has 0 aliphatic rings. The molecule has 0 saturated heterocycles. The molecular weight excluding hydrogens is 268 g/mol. The Kier molecular flexibility index (Phi) is 4.96. The molecule has 2 N–H and O–H groups in total. The molecule has 0 bridgehead atoms. The molecule has 0 radical (unpaired) electrons. The predicted molar refractivity (Wildman–Crippen MR) is 70.4 cm³/mol. The van der Waals surface area contributed by atoms with Crippen molar-refractivity contribution in [3.8, 4) is 0 Å². The lowest BCUT2D eigenvalue weighted by Gasteiger charge is -2.22. The van der Waals surface area contributed by atoms with Gasteiger partial charge in [-0.3, -0.25) is 4.79 Å². The first-order valence-corrected chi connectivity index (χ1v) is 6.12. The van der Waals surface area contributed by atoms with E-state index in [1.807, 2.05) is 31.2 Å². The molecule has 0 fully saturated rings.